The van der Waals surface area contributed by atoms with Gasteiger partial charge in [-0.05, 0) is 52.6 Å². The molecule has 1 aliphatic rings. The molecule has 1 aliphatic heterocycles. The standard InChI is InChI=1S/C17H36N4O/c1-14(2)7-8-15(3)20-16(18-4)19-13-17(21(5)6)9-11-22-12-10-17/h14-15H,7-13H2,1-6H3,(H2,18,19,20). The molecule has 1 atom stereocenters. The number of hydrogen-bond donors (Lipinski definition) is 2. The summed E-state index contributed by atoms with van der Waals surface area (Å²) in [5.74, 6) is 1.66. The molecule has 0 radical (unpaired) electrons. The number of ether oxygens (including phenoxy) is 1. The molecule has 0 amide bonds. The highest BCUT2D eigenvalue weighted by atomic mass is 16.5. The van der Waals surface area contributed by atoms with E-state index in [-0.39, 0.29) is 5.54 Å². The maximum atomic E-state index is 5.53. The van der Waals surface area contributed by atoms with Gasteiger partial charge in [-0.1, -0.05) is 13.8 Å². The molecule has 1 rings (SSSR count). The van der Waals surface area contributed by atoms with Crippen LogP contribution in [0.4, 0.5) is 0 Å². The van der Waals surface area contributed by atoms with E-state index in [4.69, 9.17) is 4.74 Å². The second kappa shape index (κ2) is 9.36. The molecule has 0 spiro atoms. The first-order valence-electron chi connectivity index (χ1n) is 8.62. The van der Waals surface area contributed by atoms with Gasteiger partial charge in [-0.25, -0.2) is 0 Å². The van der Waals surface area contributed by atoms with Crippen molar-refractivity contribution in [3.8, 4) is 0 Å². The van der Waals surface area contributed by atoms with Gasteiger partial charge in [0.05, 0.1) is 0 Å². The monoisotopic (exact) mass is 312 g/mol. The molecule has 22 heavy (non-hydrogen) atoms. The molecule has 5 heteroatoms. The van der Waals surface area contributed by atoms with Crippen LogP contribution in [0.15, 0.2) is 4.99 Å². The summed E-state index contributed by atoms with van der Waals surface area (Å²) in [6.45, 7) is 9.36. The van der Waals surface area contributed by atoms with E-state index in [1.807, 2.05) is 7.05 Å². The number of nitrogens with zero attached hydrogens (tertiary/aromatic N) is 2. The third-order valence-corrected chi connectivity index (χ3v) is 4.74. The van der Waals surface area contributed by atoms with E-state index in [1.54, 1.807) is 0 Å². The zero-order chi connectivity index (χ0) is 16.6. The lowest BCUT2D eigenvalue weighted by molar-refractivity contribution is -0.00502. The topological polar surface area (TPSA) is 48.9 Å². The Kier molecular flexibility index (Phi) is 8.18. The molecular formula is C17H36N4O. The molecule has 0 aromatic carbocycles. The number of guanidine groups is 1. The van der Waals surface area contributed by atoms with Crippen molar-refractivity contribution in [2.75, 3.05) is 40.9 Å². The second-order valence-electron chi connectivity index (χ2n) is 7.17. The van der Waals surface area contributed by atoms with Gasteiger partial charge in [-0.2, -0.15) is 0 Å². The van der Waals surface area contributed by atoms with Crippen molar-refractivity contribution in [3.05, 3.63) is 0 Å². The van der Waals surface area contributed by atoms with Gasteiger partial charge >= 0.3 is 0 Å². The summed E-state index contributed by atoms with van der Waals surface area (Å²) in [4.78, 5) is 6.71. The Morgan fingerprint density at radius 2 is 1.82 bits per heavy atom. The zero-order valence-corrected chi connectivity index (χ0v) is 15.4. The van der Waals surface area contributed by atoms with E-state index >= 15 is 0 Å². The Balaban J connectivity index is 2.48. The van der Waals surface area contributed by atoms with Crippen molar-refractivity contribution in [1.29, 1.82) is 0 Å². The number of hydrogen-bond acceptors (Lipinski definition) is 3. The fourth-order valence-electron chi connectivity index (χ4n) is 2.87. The summed E-state index contributed by atoms with van der Waals surface area (Å²) in [7, 11) is 6.17. The van der Waals surface area contributed by atoms with Crippen molar-refractivity contribution in [3.63, 3.8) is 0 Å². The molecule has 1 unspecified atom stereocenters. The lowest BCUT2D eigenvalue weighted by Crippen LogP contribution is -2.57. The average molecular weight is 313 g/mol. The predicted molar refractivity (Wildman–Crippen MR) is 94.5 cm³/mol. The number of rotatable bonds is 7. The highest BCUT2D eigenvalue weighted by Crippen LogP contribution is 2.25. The summed E-state index contributed by atoms with van der Waals surface area (Å²) in [6.07, 6.45) is 4.54. The summed E-state index contributed by atoms with van der Waals surface area (Å²) in [5.41, 5.74) is 0.164. The van der Waals surface area contributed by atoms with Gasteiger partial charge in [-0.3, -0.25) is 4.99 Å². The minimum Gasteiger partial charge on any atom is -0.381 e. The van der Waals surface area contributed by atoms with Gasteiger partial charge in [0.15, 0.2) is 5.96 Å². The molecular weight excluding hydrogens is 276 g/mol. The van der Waals surface area contributed by atoms with E-state index in [9.17, 15) is 0 Å². The zero-order valence-electron chi connectivity index (χ0n) is 15.4. The fraction of sp³-hybridized carbons (Fsp3) is 0.941. The van der Waals surface area contributed by atoms with Crippen LogP contribution < -0.4 is 10.6 Å². The minimum absolute atomic E-state index is 0.164. The summed E-state index contributed by atoms with van der Waals surface area (Å²) >= 11 is 0. The van der Waals surface area contributed by atoms with E-state index in [1.165, 1.54) is 12.8 Å². The van der Waals surface area contributed by atoms with Crippen LogP contribution in [0, 0.1) is 5.92 Å². The van der Waals surface area contributed by atoms with E-state index in [0.717, 1.165) is 44.5 Å². The Hall–Kier alpha value is -0.810. The van der Waals surface area contributed by atoms with Crippen molar-refractivity contribution >= 4 is 5.96 Å². The molecule has 5 nitrogen and oxygen atoms in total. The number of likely N-dealkylation sites (N-methyl/N-ethyl adjacent to an activating group) is 1. The first kappa shape index (κ1) is 19.2. The third kappa shape index (κ3) is 6.13. The molecule has 130 valence electrons. The largest absolute Gasteiger partial charge is 0.381 e. The molecule has 1 saturated heterocycles. The molecule has 0 aromatic rings. The molecule has 1 fully saturated rings. The van der Waals surface area contributed by atoms with Crippen LogP contribution in [0.3, 0.4) is 0 Å². The minimum atomic E-state index is 0.164. The van der Waals surface area contributed by atoms with Gasteiger partial charge < -0.3 is 20.3 Å². The van der Waals surface area contributed by atoms with Crippen molar-refractivity contribution in [2.24, 2.45) is 10.9 Å². The highest BCUT2D eigenvalue weighted by Gasteiger charge is 2.34. The molecule has 0 aliphatic carbocycles. The third-order valence-electron chi connectivity index (χ3n) is 4.74. The Morgan fingerprint density at radius 1 is 1.18 bits per heavy atom. The quantitative estimate of drug-likeness (QED) is 0.558. The molecule has 2 N–H and O–H groups in total. The Labute approximate surface area is 136 Å². The maximum absolute atomic E-state index is 5.53. The summed E-state index contributed by atoms with van der Waals surface area (Å²) in [6, 6.07) is 0.443. The van der Waals surface area contributed by atoms with Gasteiger partial charge in [0.2, 0.25) is 0 Å². The Bertz CT molecular complexity index is 336. The fourth-order valence-corrected chi connectivity index (χ4v) is 2.87. The number of nitrogens with one attached hydrogen (secondary N) is 2. The van der Waals surface area contributed by atoms with Gasteiger partial charge in [0, 0.05) is 38.4 Å². The van der Waals surface area contributed by atoms with Gasteiger partial charge in [0.25, 0.3) is 0 Å². The van der Waals surface area contributed by atoms with Crippen LogP contribution in [0.2, 0.25) is 0 Å². The highest BCUT2D eigenvalue weighted by molar-refractivity contribution is 5.80. The van der Waals surface area contributed by atoms with Gasteiger partial charge in [0.1, 0.15) is 0 Å². The van der Waals surface area contributed by atoms with Crippen molar-refractivity contribution < 1.29 is 4.74 Å². The Morgan fingerprint density at radius 3 is 2.32 bits per heavy atom. The summed E-state index contributed by atoms with van der Waals surface area (Å²) in [5, 5.41) is 7.03. The lowest BCUT2D eigenvalue weighted by atomic mass is 9.88. The SMILES string of the molecule is CN=C(NCC1(N(C)C)CCOCC1)NC(C)CCC(C)C. The first-order valence-corrected chi connectivity index (χ1v) is 8.62. The van der Waals surface area contributed by atoms with Crippen molar-refractivity contribution in [1.82, 2.24) is 15.5 Å². The van der Waals surface area contributed by atoms with Crippen LogP contribution in [-0.2, 0) is 4.74 Å². The molecule has 0 aromatic heterocycles. The lowest BCUT2D eigenvalue weighted by Gasteiger charge is -2.43. The van der Waals surface area contributed by atoms with E-state index in [2.05, 4.69) is 55.4 Å². The van der Waals surface area contributed by atoms with E-state index < -0.39 is 0 Å². The molecule has 0 bridgehead atoms. The smallest absolute Gasteiger partial charge is 0.191 e. The van der Waals surface area contributed by atoms with E-state index in [0.29, 0.717) is 6.04 Å². The predicted octanol–water partition coefficient (Wildman–Crippen LogP) is 2.09. The summed E-state index contributed by atoms with van der Waals surface area (Å²) < 4.78 is 5.53. The number of aliphatic imine (C=N–C) groups is 1. The average Bonchev–Trinajstić information content (AvgIpc) is 2.50. The molecule has 1 heterocycles. The van der Waals surface area contributed by atoms with Crippen LogP contribution >= 0.6 is 0 Å². The van der Waals surface area contributed by atoms with Crippen LogP contribution in [0.1, 0.15) is 46.5 Å². The van der Waals surface area contributed by atoms with Crippen LogP contribution in [0.25, 0.3) is 0 Å². The van der Waals surface area contributed by atoms with Gasteiger partial charge in [-0.15, -0.1) is 0 Å². The normalized spacial score (nSPS) is 20.3. The van der Waals surface area contributed by atoms with Crippen molar-refractivity contribution in [2.45, 2.75) is 58.0 Å². The van der Waals surface area contributed by atoms with Crippen LogP contribution in [0.5, 0.6) is 0 Å². The molecule has 0 saturated carbocycles. The maximum Gasteiger partial charge on any atom is 0.191 e. The second-order valence-corrected chi connectivity index (χ2v) is 7.17. The first-order chi connectivity index (χ1) is 10.4. The van der Waals surface area contributed by atoms with Crippen LogP contribution in [-0.4, -0.2) is 63.3 Å².